The van der Waals surface area contributed by atoms with Crippen LogP contribution in [0, 0.1) is 0 Å². The minimum atomic E-state index is 0.770. The summed E-state index contributed by atoms with van der Waals surface area (Å²) in [7, 11) is 0. The van der Waals surface area contributed by atoms with E-state index in [0.29, 0.717) is 0 Å². The third-order valence-electron chi connectivity index (χ3n) is 2.28. The van der Waals surface area contributed by atoms with Crippen molar-refractivity contribution in [1.82, 2.24) is 5.73 Å². The molecule has 13 heavy (non-hydrogen) atoms. The monoisotopic (exact) mass is 176 g/mol. The number of aryl methyl sites for hydroxylation is 2. The Morgan fingerprint density at radius 3 is 1.85 bits per heavy atom. The third-order valence-corrected chi connectivity index (χ3v) is 2.28. The molecular formula is C12H18N. The second kappa shape index (κ2) is 4.90. The quantitative estimate of drug-likeness (QED) is 0.670. The molecule has 71 valence electrons. The van der Waals surface area contributed by atoms with E-state index in [0.717, 1.165) is 31.4 Å². The van der Waals surface area contributed by atoms with Crippen molar-refractivity contribution >= 4 is 5.69 Å². The minimum absolute atomic E-state index is 0.770. The van der Waals surface area contributed by atoms with Crippen LogP contribution in [0.4, 0.5) is 5.69 Å². The molecule has 0 aliphatic carbocycles. The van der Waals surface area contributed by atoms with Crippen LogP contribution >= 0.6 is 0 Å². The van der Waals surface area contributed by atoms with E-state index in [-0.39, 0.29) is 0 Å². The summed E-state index contributed by atoms with van der Waals surface area (Å²) in [6.45, 7) is 4.32. The molecular weight excluding hydrogens is 158 g/mol. The van der Waals surface area contributed by atoms with E-state index < -0.39 is 0 Å². The topological polar surface area (TPSA) is 23.8 Å². The van der Waals surface area contributed by atoms with Gasteiger partial charge in [0.25, 0.3) is 0 Å². The fourth-order valence-corrected chi connectivity index (χ4v) is 1.61. The van der Waals surface area contributed by atoms with Gasteiger partial charge in [-0.25, -0.2) is 0 Å². The highest BCUT2D eigenvalue weighted by Crippen LogP contribution is 2.21. The van der Waals surface area contributed by atoms with Crippen molar-refractivity contribution < 1.29 is 0 Å². The largest absolute Gasteiger partial charge is 0.300 e. The molecule has 1 radical (unpaired) electrons. The lowest BCUT2D eigenvalue weighted by molar-refractivity contribution is 0.893. The molecule has 0 aliphatic rings. The number of rotatable bonds is 4. The van der Waals surface area contributed by atoms with Gasteiger partial charge in [0.2, 0.25) is 0 Å². The molecule has 0 spiro atoms. The Kier molecular flexibility index (Phi) is 3.81. The Labute approximate surface area is 81.0 Å². The molecule has 1 aromatic carbocycles. The van der Waals surface area contributed by atoms with E-state index in [1.54, 1.807) is 0 Å². The summed E-state index contributed by atoms with van der Waals surface area (Å²) in [6.07, 6.45) is 4.33. The summed E-state index contributed by atoms with van der Waals surface area (Å²) in [5.41, 5.74) is 11.1. The zero-order valence-electron chi connectivity index (χ0n) is 8.56. The Morgan fingerprint density at radius 2 is 1.46 bits per heavy atom. The first-order valence-electron chi connectivity index (χ1n) is 5.12. The standard InChI is InChI=1S/C12H18N/c1-3-6-10-8-5-9-11(7-4-2)12(10)13/h5,8-9,13H,3-4,6-7H2,1-2H3. The SMILES string of the molecule is CCCc1cccc(CCC)c1[NH]. The predicted molar refractivity (Wildman–Crippen MR) is 57.2 cm³/mol. The summed E-state index contributed by atoms with van der Waals surface area (Å²) in [4.78, 5) is 0. The van der Waals surface area contributed by atoms with E-state index in [1.165, 1.54) is 11.1 Å². The molecule has 0 aliphatic heterocycles. The van der Waals surface area contributed by atoms with Crippen LogP contribution in [0.5, 0.6) is 0 Å². The van der Waals surface area contributed by atoms with Gasteiger partial charge in [-0.1, -0.05) is 44.9 Å². The predicted octanol–water partition coefficient (Wildman–Crippen LogP) is 3.51. The molecule has 0 unspecified atom stereocenters. The highest BCUT2D eigenvalue weighted by Gasteiger charge is 2.03. The van der Waals surface area contributed by atoms with E-state index in [1.807, 2.05) is 0 Å². The Balaban J connectivity index is 2.89. The molecule has 0 aromatic heterocycles. The first-order chi connectivity index (χ1) is 6.29. The van der Waals surface area contributed by atoms with E-state index in [4.69, 9.17) is 5.73 Å². The number of benzene rings is 1. The van der Waals surface area contributed by atoms with Crippen LogP contribution in [0.2, 0.25) is 0 Å². The lowest BCUT2D eigenvalue weighted by Crippen LogP contribution is -1.92. The van der Waals surface area contributed by atoms with Crippen LogP contribution in [0.15, 0.2) is 18.2 Å². The van der Waals surface area contributed by atoms with Crippen LogP contribution in [0.25, 0.3) is 0 Å². The lowest BCUT2D eigenvalue weighted by atomic mass is 10.0. The molecule has 1 nitrogen and oxygen atoms in total. The summed E-state index contributed by atoms with van der Waals surface area (Å²) in [5, 5.41) is 0. The fourth-order valence-electron chi connectivity index (χ4n) is 1.61. The summed E-state index contributed by atoms with van der Waals surface area (Å²) in [5.74, 6) is 0. The zero-order chi connectivity index (χ0) is 9.68. The van der Waals surface area contributed by atoms with Gasteiger partial charge in [0, 0.05) is 0 Å². The molecule has 1 N–H and O–H groups in total. The van der Waals surface area contributed by atoms with Crippen LogP contribution < -0.4 is 5.73 Å². The summed E-state index contributed by atoms with van der Waals surface area (Å²) in [6, 6.07) is 6.23. The van der Waals surface area contributed by atoms with Gasteiger partial charge < -0.3 is 5.73 Å². The van der Waals surface area contributed by atoms with Gasteiger partial charge in [0.05, 0.1) is 5.69 Å². The first kappa shape index (κ1) is 10.1. The number of hydrogen-bond acceptors (Lipinski definition) is 0. The maximum atomic E-state index is 7.95. The molecule has 0 fully saturated rings. The Morgan fingerprint density at radius 1 is 1.00 bits per heavy atom. The van der Waals surface area contributed by atoms with Gasteiger partial charge in [-0.2, -0.15) is 0 Å². The van der Waals surface area contributed by atoms with E-state index in [9.17, 15) is 0 Å². The molecule has 0 bridgehead atoms. The van der Waals surface area contributed by atoms with Crippen molar-refractivity contribution in [3.63, 3.8) is 0 Å². The fraction of sp³-hybridized carbons (Fsp3) is 0.500. The molecule has 1 heteroatoms. The highest BCUT2D eigenvalue weighted by atomic mass is 14.6. The van der Waals surface area contributed by atoms with E-state index in [2.05, 4.69) is 32.0 Å². The van der Waals surface area contributed by atoms with E-state index >= 15 is 0 Å². The normalized spacial score (nSPS) is 10.3. The van der Waals surface area contributed by atoms with Crippen LogP contribution in [-0.2, 0) is 12.8 Å². The average molecular weight is 176 g/mol. The summed E-state index contributed by atoms with van der Waals surface area (Å²) < 4.78 is 0. The molecule has 0 saturated heterocycles. The van der Waals surface area contributed by atoms with Gasteiger partial charge in [-0.05, 0) is 24.0 Å². The van der Waals surface area contributed by atoms with Gasteiger partial charge >= 0.3 is 0 Å². The summed E-state index contributed by atoms with van der Waals surface area (Å²) >= 11 is 0. The number of hydrogen-bond donors (Lipinski definition) is 0. The van der Waals surface area contributed by atoms with Gasteiger partial charge in [0.15, 0.2) is 0 Å². The molecule has 1 rings (SSSR count). The van der Waals surface area contributed by atoms with Crippen molar-refractivity contribution in [2.24, 2.45) is 0 Å². The van der Waals surface area contributed by atoms with Crippen molar-refractivity contribution in [3.05, 3.63) is 29.3 Å². The molecule has 1 aromatic rings. The van der Waals surface area contributed by atoms with Crippen LogP contribution in [-0.4, -0.2) is 0 Å². The molecule has 0 heterocycles. The third kappa shape index (κ3) is 2.48. The lowest BCUT2D eigenvalue weighted by Gasteiger charge is -2.08. The first-order valence-corrected chi connectivity index (χ1v) is 5.12. The Bertz CT molecular complexity index is 242. The van der Waals surface area contributed by atoms with Crippen molar-refractivity contribution in [3.8, 4) is 0 Å². The van der Waals surface area contributed by atoms with Gasteiger partial charge in [-0.3, -0.25) is 0 Å². The van der Waals surface area contributed by atoms with Crippen molar-refractivity contribution in [2.75, 3.05) is 0 Å². The second-order valence-corrected chi connectivity index (χ2v) is 3.45. The zero-order valence-corrected chi connectivity index (χ0v) is 8.56. The highest BCUT2D eigenvalue weighted by molar-refractivity contribution is 5.50. The van der Waals surface area contributed by atoms with Crippen molar-refractivity contribution in [2.45, 2.75) is 39.5 Å². The minimum Gasteiger partial charge on any atom is -0.300 e. The molecule has 0 atom stereocenters. The van der Waals surface area contributed by atoms with Gasteiger partial charge in [-0.15, -0.1) is 0 Å². The number of nitrogens with one attached hydrogen (secondary N) is 1. The Hall–Kier alpha value is -0.980. The van der Waals surface area contributed by atoms with Crippen molar-refractivity contribution in [1.29, 1.82) is 0 Å². The molecule has 0 saturated carbocycles. The second-order valence-electron chi connectivity index (χ2n) is 3.45. The maximum absolute atomic E-state index is 7.95. The average Bonchev–Trinajstić information content (AvgIpc) is 2.13. The maximum Gasteiger partial charge on any atom is 0.0603 e. The van der Waals surface area contributed by atoms with Gasteiger partial charge in [0.1, 0.15) is 0 Å². The molecule has 0 amide bonds. The van der Waals surface area contributed by atoms with Crippen LogP contribution in [0.3, 0.4) is 0 Å². The van der Waals surface area contributed by atoms with Crippen LogP contribution in [0.1, 0.15) is 37.8 Å². The smallest absolute Gasteiger partial charge is 0.0603 e.